The summed E-state index contributed by atoms with van der Waals surface area (Å²) in [6.07, 6.45) is 3.17. The van der Waals surface area contributed by atoms with Crippen LogP contribution in [0.4, 0.5) is 0 Å². The summed E-state index contributed by atoms with van der Waals surface area (Å²) in [4.78, 5) is 26.4. The van der Waals surface area contributed by atoms with Crippen molar-refractivity contribution in [1.29, 1.82) is 0 Å². The number of hydrogen-bond acceptors (Lipinski definition) is 4. The maximum Gasteiger partial charge on any atom is 0.309 e. The van der Waals surface area contributed by atoms with Gasteiger partial charge in [0.05, 0.1) is 13.0 Å². The zero-order chi connectivity index (χ0) is 16.2. The first-order valence-corrected chi connectivity index (χ1v) is 8.54. The Hall–Kier alpha value is -1.68. The number of carbonyl (C=O) groups is 2. The average molecular weight is 315 g/mol. The minimum atomic E-state index is -0.220. The molecule has 4 heteroatoms. The second-order valence-corrected chi connectivity index (χ2v) is 6.83. The van der Waals surface area contributed by atoms with Gasteiger partial charge in [-0.1, -0.05) is 30.3 Å². The Labute approximate surface area is 137 Å². The second kappa shape index (κ2) is 7.26. The van der Waals surface area contributed by atoms with E-state index in [0.717, 1.165) is 32.5 Å². The van der Waals surface area contributed by atoms with Gasteiger partial charge in [0.25, 0.3) is 0 Å². The van der Waals surface area contributed by atoms with Gasteiger partial charge in [-0.2, -0.15) is 0 Å². The molecule has 1 aliphatic heterocycles. The number of ketones is 1. The first-order valence-electron chi connectivity index (χ1n) is 8.54. The van der Waals surface area contributed by atoms with E-state index in [-0.39, 0.29) is 23.6 Å². The fraction of sp³-hybridized carbons (Fsp3) is 0.579. The molecule has 0 bridgehead atoms. The zero-order valence-corrected chi connectivity index (χ0v) is 13.7. The Morgan fingerprint density at radius 2 is 1.91 bits per heavy atom. The predicted octanol–water partition coefficient (Wildman–Crippen LogP) is 2.67. The molecule has 1 aromatic rings. The quantitative estimate of drug-likeness (QED) is 0.802. The number of ether oxygens (including phenoxy) is 1. The molecule has 0 amide bonds. The molecule has 1 saturated carbocycles. The maximum atomic E-state index is 12.3. The van der Waals surface area contributed by atoms with Crippen molar-refractivity contribution in [3.63, 3.8) is 0 Å². The summed E-state index contributed by atoms with van der Waals surface area (Å²) >= 11 is 0. The lowest BCUT2D eigenvalue weighted by atomic mass is 9.82. The van der Waals surface area contributed by atoms with Gasteiger partial charge in [-0.05, 0) is 43.8 Å². The summed E-state index contributed by atoms with van der Waals surface area (Å²) in [7, 11) is 1.40. The Morgan fingerprint density at radius 3 is 2.57 bits per heavy atom. The fourth-order valence-electron chi connectivity index (χ4n) is 4.07. The van der Waals surface area contributed by atoms with Crippen LogP contribution in [0.25, 0.3) is 0 Å². The van der Waals surface area contributed by atoms with Crippen LogP contribution in [0.2, 0.25) is 0 Å². The third-order valence-electron chi connectivity index (χ3n) is 5.38. The predicted molar refractivity (Wildman–Crippen MR) is 87.7 cm³/mol. The minimum Gasteiger partial charge on any atom is -0.469 e. The first kappa shape index (κ1) is 16.2. The molecule has 1 aliphatic carbocycles. The molecule has 0 aromatic heterocycles. The molecule has 23 heavy (non-hydrogen) atoms. The monoisotopic (exact) mass is 315 g/mol. The van der Waals surface area contributed by atoms with E-state index >= 15 is 0 Å². The Morgan fingerprint density at radius 1 is 1.22 bits per heavy atom. The molecule has 2 fully saturated rings. The SMILES string of the molecule is COC(=O)C1CC(=O)C(C2CCN(Cc3ccccc3)CC2)C1. The van der Waals surface area contributed by atoms with Gasteiger partial charge in [-0.3, -0.25) is 14.5 Å². The van der Waals surface area contributed by atoms with Crippen LogP contribution in [0.3, 0.4) is 0 Å². The van der Waals surface area contributed by atoms with Gasteiger partial charge in [0, 0.05) is 18.9 Å². The van der Waals surface area contributed by atoms with E-state index in [4.69, 9.17) is 4.74 Å². The van der Waals surface area contributed by atoms with Crippen molar-refractivity contribution < 1.29 is 14.3 Å². The molecule has 0 radical (unpaired) electrons. The Balaban J connectivity index is 1.51. The van der Waals surface area contributed by atoms with Crippen molar-refractivity contribution in [1.82, 2.24) is 4.90 Å². The van der Waals surface area contributed by atoms with Crippen LogP contribution in [0.15, 0.2) is 30.3 Å². The van der Waals surface area contributed by atoms with E-state index in [1.165, 1.54) is 12.7 Å². The van der Waals surface area contributed by atoms with E-state index in [0.29, 0.717) is 18.8 Å². The van der Waals surface area contributed by atoms with Crippen LogP contribution in [0.5, 0.6) is 0 Å². The molecule has 3 rings (SSSR count). The van der Waals surface area contributed by atoms with Crippen molar-refractivity contribution in [2.45, 2.75) is 32.2 Å². The zero-order valence-electron chi connectivity index (χ0n) is 13.7. The highest BCUT2D eigenvalue weighted by molar-refractivity contribution is 5.89. The lowest BCUT2D eigenvalue weighted by Gasteiger charge is -2.34. The number of benzene rings is 1. The maximum absolute atomic E-state index is 12.3. The second-order valence-electron chi connectivity index (χ2n) is 6.83. The molecule has 2 atom stereocenters. The van der Waals surface area contributed by atoms with Crippen LogP contribution in [0.1, 0.15) is 31.2 Å². The van der Waals surface area contributed by atoms with Crippen LogP contribution in [-0.2, 0) is 20.9 Å². The summed E-state index contributed by atoms with van der Waals surface area (Å²) in [6, 6.07) is 10.5. The molecular formula is C19H25NO3. The molecule has 4 nitrogen and oxygen atoms in total. The van der Waals surface area contributed by atoms with Crippen LogP contribution < -0.4 is 0 Å². The summed E-state index contributed by atoms with van der Waals surface area (Å²) in [5.74, 6) is 0.339. The summed E-state index contributed by atoms with van der Waals surface area (Å²) in [5, 5.41) is 0. The number of rotatable bonds is 4. The summed E-state index contributed by atoms with van der Waals surface area (Å²) < 4.78 is 4.80. The topological polar surface area (TPSA) is 46.6 Å². The Bertz CT molecular complexity index is 549. The van der Waals surface area contributed by atoms with E-state index in [2.05, 4.69) is 29.2 Å². The lowest BCUT2D eigenvalue weighted by molar-refractivity contribution is -0.145. The van der Waals surface area contributed by atoms with Crippen molar-refractivity contribution in [2.75, 3.05) is 20.2 Å². The van der Waals surface area contributed by atoms with Crippen LogP contribution >= 0.6 is 0 Å². The standard InChI is InChI=1S/C19H25NO3/c1-23-19(22)16-11-17(18(21)12-16)15-7-9-20(10-8-15)13-14-5-3-2-4-6-14/h2-6,15-17H,7-13H2,1H3. The molecule has 2 unspecified atom stereocenters. The summed E-state index contributed by atoms with van der Waals surface area (Å²) in [5.41, 5.74) is 1.34. The number of piperidine rings is 1. The molecule has 124 valence electrons. The molecule has 2 aliphatic rings. The van der Waals surface area contributed by atoms with E-state index in [9.17, 15) is 9.59 Å². The molecule has 0 N–H and O–H groups in total. The van der Waals surface area contributed by atoms with Gasteiger partial charge in [0.2, 0.25) is 0 Å². The van der Waals surface area contributed by atoms with Gasteiger partial charge in [-0.15, -0.1) is 0 Å². The van der Waals surface area contributed by atoms with Gasteiger partial charge in [0.15, 0.2) is 0 Å². The highest BCUT2D eigenvalue weighted by atomic mass is 16.5. The number of carbonyl (C=O) groups excluding carboxylic acids is 2. The van der Waals surface area contributed by atoms with Gasteiger partial charge >= 0.3 is 5.97 Å². The number of methoxy groups -OCH3 is 1. The highest BCUT2D eigenvalue weighted by Crippen LogP contribution is 2.38. The molecule has 0 spiro atoms. The van der Waals surface area contributed by atoms with Gasteiger partial charge in [0.1, 0.15) is 5.78 Å². The lowest BCUT2D eigenvalue weighted by Crippen LogP contribution is -2.36. The van der Waals surface area contributed by atoms with E-state index in [1.54, 1.807) is 0 Å². The van der Waals surface area contributed by atoms with Gasteiger partial charge in [-0.25, -0.2) is 0 Å². The average Bonchev–Trinajstić information content (AvgIpc) is 2.98. The molecular weight excluding hydrogens is 290 g/mol. The number of Topliss-reactive ketones (excluding diaryl/α,β-unsaturated/α-hetero) is 1. The third-order valence-corrected chi connectivity index (χ3v) is 5.38. The normalized spacial score (nSPS) is 26.4. The smallest absolute Gasteiger partial charge is 0.309 e. The van der Waals surface area contributed by atoms with Gasteiger partial charge < -0.3 is 4.74 Å². The summed E-state index contributed by atoms with van der Waals surface area (Å²) in [6.45, 7) is 3.05. The minimum absolute atomic E-state index is 0.0676. The largest absolute Gasteiger partial charge is 0.469 e. The van der Waals surface area contributed by atoms with Crippen molar-refractivity contribution in [2.24, 2.45) is 17.8 Å². The van der Waals surface area contributed by atoms with E-state index < -0.39 is 0 Å². The van der Waals surface area contributed by atoms with Crippen LogP contribution in [0, 0.1) is 17.8 Å². The Kier molecular flexibility index (Phi) is 5.11. The van der Waals surface area contributed by atoms with Crippen LogP contribution in [-0.4, -0.2) is 36.9 Å². The molecule has 1 heterocycles. The molecule has 1 saturated heterocycles. The first-order chi connectivity index (χ1) is 11.2. The number of esters is 1. The van der Waals surface area contributed by atoms with E-state index in [1.807, 2.05) is 6.07 Å². The number of likely N-dealkylation sites (tertiary alicyclic amines) is 1. The highest BCUT2D eigenvalue weighted by Gasteiger charge is 2.41. The fourth-order valence-corrected chi connectivity index (χ4v) is 4.07. The molecule has 1 aromatic carbocycles. The van der Waals surface area contributed by atoms with Crippen molar-refractivity contribution in [3.05, 3.63) is 35.9 Å². The number of nitrogens with zero attached hydrogens (tertiary/aromatic N) is 1. The van der Waals surface area contributed by atoms with Crippen molar-refractivity contribution in [3.8, 4) is 0 Å². The third kappa shape index (κ3) is 3.81. The number of hydrogen-bond donors (Lipinski definition) is 0. The van der Waals surface area contributed by atoms with Crippen molar-refractivity contribution >= 4 is 11.8 Å².